The molecule has 1 aliphatic heterocycles. The highest BCUT2D eigenvalue weighted by atomic mass is 15.9. The first kappa shape index (κ1) is 10.1. The fourth-order valence-corrected chi connectivity index (χ4v) is 1.22. The Balaban J connectivity index is 1.95. The fourth-order valence-electron chi connectivity index (χ4n) is 1.22. The molecule has 6 nitrogen and oxygen atoms in total. The molecule has 1 aliphatic rings. The molecule has 0 aromatic heterocycles. The minimum absolute atomic E-state index is 0.122. The van der Waals surface area contributed by atoms with Crippen molar-refractivity contribution in [3.05, 3.63) is 35.9 Å². The van der Waals surface area contributed by atoms with Crippen molar-refractivity contribution in [1.29, 1.82) is 0 Å². The highest BCUT2D eigenvalue weighted by Gasteiger charge is 2.09. The minimum atomic E-state index is -0.122. The van der Waals surface area contributed by atoms with Crippen molar-refractivity contribution in [2.24, 2.45) is 5.10 Å². The normalized spacial score (nSPS) is 18.1. The van der Waals surface area contributed by atoms with Gasteiger partial charge in [0.1, 0.15) is 0 Å². The van der Waals surface area contributed by atoms with Gasteiger partial charge in [-0.3, -0.25) is 5.43 Å². The molecule has 6 heteroatoms. The van der Waals surface area contributed by atoms with Crippen LogP contribution >= 0.6 is 0 Å². The van der Waals surface area contributed by atoms with Crippen molar-refractivity contribution in [3.63, 3.8) is 0 Å². The summed E-state index contributed by atoms with van der Waals surface area (Å²) in [6, 6.07) is 10.0. The maximum Gasteiger partial charge on any atom is 0.175 e. The van der Waals surface area contributed by atoms with E-state index in [1.165, 1.54) is 0 Å². The zero-order valence-corrected chi connectivity index (χ0v) is 8.41. The van der Waals surface area contributed by atoms with Crippen LogP contribution in [0.15, 0.2) is 35.4 Å². The summed E-state index contributed by atoms with van der Waals surface area (Å²) in [4.78, 5) is 0. The molecule has 15 heavy (non-hydrogen) atoms. The first-order valence-corrected chi connectivity index (χ1v) is 4.72. The molecule has 1 aromatic carbocycles. The van der Waals surface area contributed by atoms with E-state index in [1.54, 1.807) is 0 Å². The van der Waals surface area contributed by atoms with Crippen LogP contribution in [0.25, 0.3) is 0 Å². The van der Waals surface area contributed by atoms with Crippen LogP contribution < -0.4 is 27.3 Å². The van der Waals surface area contributed by atoms with Gasteiger partial charge in [0, 0.05) is 0 Å². The smallest absolute Gasteiger partial charge is 0.175 e. The second kappa shape index (κ2) is 4.85. The molecule has 0 aliphatic carbocycles. The van der Waals surface area contributed by atoms with Crippen LogP contribution in [0, 0.1) is 0 Å². The van der Waals surface area contributed by atoms with Gasteiger partial charge in [-0.15, -0.1) is 0 Å². The van der Waals surface area contributed by atoms with E-state index < -0.39 is 0 Å². The molecule has 0 radical (unpaired) electrons. The van der Waals surface area contributed by atoms with Gasteiger partial charge >= 0.3 is 0 Å². The van der Waals surface area contributed by atoms with E-state index in [0.29, 0.717) is 0 Å². The Kier molecular flexibility index (Phi) is 3.25. The first-order chi connectivity index (χ1) is 7.36. The van der Waals surface area contributed by atoms with Crippen molar-refractivity contribution in [2.75, 3.05) is 0 Å². The van der Waals surface area contributed by atoms with E-state index in [-0.39, 0.29) is 6.29 Å². The van der Waals surface area contributed by atoms with E-state index >= 15 is 0 Å². The molecular formula is C9H14N6. The van der Waals surface area contributed by atoms with Gasteiger partial charge in [-0.25, -0.2) is 10.9 Å². The third-order valence-electron chi connectivity index (χ3n) is 2.05. The van der Waals surface area contributed by atoms with E-state index in [2.05, 4.69) is 32.4 Å². The monoisotopic (exact) mass is 206 g/mol. The first-order valence-electron chi connectivity index (χ1n) is 4.72. The van der Waals surface area contributed by atoms with Crippen molar-refractivity contribution >= 4 is 5.71 Å². The van der Waals surface area contributed by atoms with E-state index in [4.69, 9.17) is 0 Å². The van der Waals surface area contributed by atoms with E-state index in [0.717, 1.165) is 11.3 Å². The number of hydrazine groups is 3. The van der Waals surface area contributed by atoms with Gasteiger partial charge in [-0.1, -0.05) is 30.3 Å². The number of hydrogen-bond donors (Lipinski definition) is 5. The Bertz CT molecular complexity index is 330. The predicted octanol–water partition coefficient (Wildman–Crippen LogP) is -0.599. The summed E-state index contributed by atoms with van der Waals surface area (Å²) < 4.78 is 0. The molecule has 0 amide bonds. The highest BCUT2D eigenvalue weighted by molar-refractivity contribution is 5.98. The van der Waals surface area contributed by atoms with Gasteiger partial charge in [0.05, 0.1) is 5.71 Å². The SMILES string of the molecule is C/C(=N\NC1NNNN1)c1ccccc1. The lowest BCUT2D eigenvalue weighted by atomic mass is 10.1. The van der Waals surface area contributed by atoms with Gasteiger partial charge in [0.25, 0.3) is 0 Å². The lowest BCUT2D eigenvalue weighted by molar-refractivity contribution is 0.438. The van der Waals surface area contributed by atoms with Gasteiger partial charge in [0.2, 0.25) is 0 Å². The van der Waals surface area contributed by atoms with Crippen molar-refractivity contribution in [3.8, 4) is 0 Å². The molecule has 1 heterocycles. The van der Waals surface area contributed by atoms with Crippen molar-refractivity contribution < 1.29 is 0 Å². The quantitative estimate of drug-likeness (QED) is 0.337. The lowest BCUT2D eigenvalue weighted by Crippen LogP contribution is -2.44. The highest BCUT2D eigenvalue weighted by Crippen LogP contribution is 1.99. The topological polar surface area (TPSA) is 72.5 Å². The molecular weight excluding hydrogens is 192 g/mol. The van der Waals surface area contributed by atoms with E-state index in [1.807, 2.05) is 37.3 Å². The number of hydrazone groups is 1. The van der Waals surface area contributed by atoms with Crippen LogP contribution in [0.1, 0.15) is 12.5 Å². The molecule has 80 valence electrons. The fraction of sp³-hybridized carbons (Fsp3) is 0.222. The van der Waals surface area contributed by atoms with Crippen molar-refractivity contribution in [1.82, 2.24) is 27.3 Å². The summed E-state index contributed by atoms with van der Waals surface area (Å²) in [6.07, 6.45) is -0.122. The molecule has 0 atom stereocenters. The minimum Gasteiger partial charge on any atom is -0.277 e. The van der Waals surface area contributed by atoms with Gasteiger partial charge in [-0.2, -0.15) is 16.2 Å². The molecule has 0 bridgehead atoms. The van der Waals surface area contributed by atoms with Crippen LogP contribution in [0.5, 0.6) is 0 Å². The molecule has 0 saturated carbocycles. The molecule has 0 unspecified atom stereocenters. The van der Waals surface area contributed by atoms with Gasteiger partial charge in [0.15, 0.2) is 6.29 Å². The second-order valence-corrected chi connectivity index (χ2v) is 3.16. The maximum atomic E-state index is 4.24. The van der Waals surface area contributed by atoms with Crippen LogP contribution in [-0.4, -0.2) is 12.0 Å². The largest absolute Gasteiger partial charge is 0.277 e. The number of benzene rings is 1. The van der Waals surface area contributed by atoms with Crippen LogP contribution in [0.4, 0.5) is 0 Å². The summed E-state index contributed by atoms with van der Waals surface area (Å²) >= 11 is 0. The van der Waals surface area contributed by atoms with E-state index in [9.17, 15) is 0 Å². The number of rotatable bonds is 3. The van der Waals surface area contributed by atoms with Crippen LogP contribution in [0.2, 0.25) is 0 Å². The van der Waals surface area contributed by atoms with Crippen molar-refractivity contribution in [2.45, 2.75) is 13.2 Å². The summed E-state index contributed by atoms with van der Waals surface area (Å²) in [5.74, 6) is 0. The summed E-state index contributed by atoms with van der Waals surface area (Å²) in [5.41, 5.74) is 16.1. The molecule has 1 aromatic rings. The molecule has 1 fully saturated rings. The van der Waals surface area contributed by atoms with Gasteiger partial charge in [-0.05, 0) is 12.5 Å². The molecule has 1 saturated heterocycles. The summed E-state index contributed by atoms with van der Waals surface area (Å²) in [5, 5.41) is 4.24. The lowest BCUT2D eigenvalue weighted by Gasteiger charge is -2.08. The average molecular weight is 206 g/mol. The Morgan fingerprint density at radius 3 is 2.53 bits per heavy atom. The number of nitrogens with one attached hydrogen (secondary N) is 5. The maximum absolute atomic E-state index is 4.24. The Hall–Kier alpha value is -1.47. The molecule has 0 spiro atoms. The molecule has 5 N–H and O–H groups in total. The summed E-state index contributed by atoms with van der Waals surface area (Å²) in [7, 11) is 0. The second-order valence-electron chi connectivity index (χ2n) is 3.16. The Morgan fingerprint density at radius 1 is 1.20 bits per heavy atom. The third kappa shape index (κ3) is 2.74. The summed E-state index contributed by atoms with van der Waals surface area (Å²) in [6.45, 7) is 1.96. The third-order valence-corrected chi connectivity index (χ3v) is 2.05. The number of hydrogen-bond acceptors (Lipinski definition) is 6. The Morgan fingerprint density at radius 2 is 1.87 bits per heavy atom. The zero-order valence-electron chi connectivity index (χ0n) is 8.41. The average Bonchev–Trinajstić information content (AvgIpc) is 2.80. The Labute approximate surface area is 88.0 Å². The molecule has 2 rings (SSSR count). The number of nitrogens with zero attached hydrogens (tertiary/aromatic N) is 1. The van der Waals surface area contributed by atoms with Gasteiger partial charge < -0.3 is 0 Å². The predicted molar refractivity (Wildman–Crippen MR) is 58.1 cm³/mol. The standard InChI is InChI=1S/C9H14N6/c1-7(8-5-3-2-4-6-8)10-11-9-12-14-15-13-9/h2-6,9,11-15H,1H3/b10-7+. The van der Waals surface area contributed by atoms with Crippen LogP contribution in [-0.2, 0) is 0 Å². The van der Waals surface area contributed by atoms with Crippen LogP contribution in [0.3, 0.4) is 0 Å². The zero-order chi connectivity index (χ0) is 10.5.